The molecular formula is C16H20N2O3. The summed E-state index contributed by atoms with van der Waals surface area (Å²) in [6.07, 6.45) is 4.74. The molecule has 2 aliphatic carbocycles. The van der Waals surface area contributed by atoms with Crippen molar-refractivity contribution < 1.29 is 14.3 Å². The summed E-state index contributed by atoms with van der Waals surface area (Å²) in [6, 6.07) is 9.11. The van der Waals surface area contributed by atoms with Crippen LogP contribution in [0.25, 0.3) is 0 Å². The molecule has 2 fully saturated rings. The van der Waals surface area contributed by atoms with Crippen LogP contribution in [-0.4, -0.2) is 18.4 Å². The number of fused-ring (bicyclic) bond motifs is 1. The highest BCUT2D eigenvalue weighted by atomic mass is 16.5. The lowest BCUT2D eigenvalue weighted by molar-refractivity contribution is -0.130. The Morgan fingerprint density at radius 1 is 1.05 bits per heavy atom. The maximum Gasteiger partial charge on any atom is 0.276 e. The highest BCUT2D eigenvalue weighted by Crippen LogP contribution is 2.55. The highest BCUT2D eigenvalue weighted by Gasteiger charge is 2.54. The lowest BCUT2D eigenvalue weighted by atomic mass is 10.0. The van der Waals surface area contributed by atoms with E-state index >= 15 is 0 Å². The monoisotopic (exact) mass is 288 g/mol. The fourth-order valence-corrected chi connectivity index (χ4v) is 3.30. The van der Waals surface area contributed by atoms with Crippen molar-refractivity contribution in [1.82, 2.24) is 10.9 Å². The Morgan fingerprint density at radius 3 is 2.38 bits per heavy atom. The number of amides is 2. The van der Waals surface area contributed by atoms with Crippen LogP contribution in [0.1, 0.15) is 25.7 Å². The predicted octanol–water partition coefficient (Wildman–Crippen LogP) is 1.65. The molecular weight excluding hydrogens is 268 g/mol. The largest absolute Gasteiger partial charge is 0.484 e. The molecule has 2 saturated carbocycles. The molecule has 1 aromatic carbocycles. The Balaban J connectivity index is 1.37. The summed E-state index contributed by atoms with van der Waals surface area (Å²) in [5.41, 5.74) is 4.94. The molecule has 0 heterocycles. The van der Waals surface area contributed by atoms with Crippen LogP contribution in [0.5, 0.6) is 5.75 Å². The second-order valence-corrected chi connectivity index (χ2v) is 5.78. The Morgan fingerprint density at radius 2 is 1.71 bits per heavy atom. The summed E-state index contributed by atoms with van der Waals surface area (Å²) in [5.74, 6) is 1.40. The van der Waals surface area contributed by atoms with Crippen molar-refractivity contribution in [3.05, 3.63) is 30.3 Å². The van der Waals surface area contributed by atoms with Crippen LogP contribution in [0.4, 0.5) is 0 Å². The average molecular weight is 288 g/mol. The van der Waals surface area contributed by atoms with Gasteiger partial charge in [-0.1, -0.05) is 31.0 Å². The van der Waals surface area contributed by atoms with Gasteiger partial charge in [-0.3, -0.25) is 20.4 Å². The number of rotatable bonds is 4. The van der Waals surface area contributed by atoms with Gasteiger partial charge in [0.1, 0.15) is 5.75 Å². The molecule has 112 valence electrons. The minimum Gasteiger partial charge on any atom is -0.484 e. The Bertz CT molecular complexity index is 506. The number of ether oxygens (including phenoxy) is 1. The van der Waals surface area contributed by atoms with Gasteiger partial charge < -0.3 is 4.74 Å². The molecule has 0 spiro atoms. The van der Waals surface area contributed by atoms with Crippen molar-refractivity contribution >= 4 is 11.8 Å². The Hall–Kier alpha value is -2.04. The molecule has 2 amide bonds. The molecule has 0 bridgehead atoms. The highest BCUT2D eigenvalue weighted by molar-refractivity contribution is 5.86. The molecule has 3 rings (SSSR count). The van der Waals surface area contributed by atoms with Gasteiger partial charge in [-0.15, -0.1) is 0 Å². The third-order valence-corrected chi connectivity index (χ3v) is 4.40. The van der Waals surface area contributed by atoms with Gasteiger partial charge in [0.05, 0.1) is 0 Å². The molecule has 2 N–H and O–H groups in total. The molecule has 0 radical (unpaired) electrons. The van der Waals surface area contributed by atoms with Crippen LogP contribution >= 0.6 is 0 Å². The first-order valence-electron chi connectivity index (χ1n) is 7.52. The molecule has 3 atom stereocenters. The molecule has 1 aromatic rings. The summed E-state index contributed by atoms with van der Waals surface area (Å²) in [7, 11) is 0. The van der Waals surface area contributed by atoms with E-state index in [0.29, 0.717) is 17.6 Å². The molecule has 0 saturated heterocycles. The number of carbonyl (C=O) groups excluding carboxylic acids is 2. The van der Waals surface area contributed by atoms with E-state index in [1.165, 1.54) is 12.8 Å². The van der Waals surface area contributed by atoms with Gasteiger partial charge in [-0.05, 0) is 36.8 Å². The molecule has 1 unspecified atom stereocenters. The van der Waals surface area contributed by atoms with Gasteiger partial charge in [0.25, 0.3) is 5.91 Å². The molecule has 5 nitrogen and oxygen atoms in total. The number of hydrogen-bond donors (Lipinski definition) is 2. The molecule has 2 aliphatic rings. The van der Waals surface area contributed by atoms with Crippen LogP contribution in [0, 0.1) is 17.8 Å². The molecule has 21 heavy (non-hydrogen) atoms. The van der Waals surface area contributed by atoms with Gasteiger partial charge >= 0.3 is 0 Å². The number of para-hydroxylation sites is 1. The van der Waals surface area contributed by atoms with Gasteiger partial charge in [-0.2, -0.15) is 0 Å². The van der Waals surface area contributed by atoms with Crippen molar-refractivity contribution in [2.75, 3.05) is 6.61 Å². The fraction of sp³-hybridized carbons (Fsp3) is 0.500. The third-order valence-electron chi connectivity index (χ3n) is 4.40. The second kappa shape index (κ2) is 6.16. The van der Waals surface area contributed by atoms with E-state index in [0.717, 1.165) is 12.8 Å². The quantitative estimate of drug-likeness (QED) is 0.828. The van der Waals surface area contributed by atoms with Gasteiger partial charge in [0, 0.05) is 5.92 Å². The summed E-state index contributed by atoms with van der Waals surface area (Å²) in [5, 5.41) is 0. The SMILES string of the molecule is O=C(COc1ccccc1)NNC(=O)C1[C@H]2CCCC[C@@H]12. The fourth-order valence-electron chi connectivity index (χ4n) is 3.30. The zero-order valence-corrected chi connectivity index (χ0v) is 11.9. The van der Waals surface area contributed by atoms with E-state index < -0.39 is 0 Å². The van der Waals surface area contributed by atoms with Crippen molar-refractivity contribution in [2.45, 2.75) is 25.7 Å². The first-order valence-corrected chi connectivity index (χ1v) is 7.52. The second-order valence-electron chi connectivity index (χ2n) is 5.78. The Kier molecular flexibility index (Phi) is 4.08. The number of nitrogens with one attached hydrogen (secondary N) is 2. The number of carbonyl (C=O) groups is 2. The predicted molar refractivity (Wildman–Crippen MR) is 77.2 cm³/mol. The average Bonchev–Trinajstić information content (AvgIpc) is 3.26. The Labute approximate surface area is 124 Å². The molecule has 0 aliphatic heterocycles. The topological polar surface area (TPSA) is 67.4 Å². The van der Waals surface area contributed by atoms with Crippen molar-refractivity contribution in [3.8, 4) is 5.75 Å². The normalized spacial score (nSPS) is 26.4. The standard InChI is InChI=1S/C16H20N2O3/c19-14(10-21-11-6-2-1-3-7-11)17-18-16(20)15-12-8-4-5-9-13(12)15/h1-3,6-7,12-13,15H,4-5,8-10H2,(H,17,19)(H,18,20)/t12-,13+,15?. The lowest BCUT2D eigenvalue weighted by Gasteiger charge is -2.08. The maximum absolute atomic E-state index is 12.0. The molecule has 5 heteroatoms. The first-order chi connectivity index (χ1) is 10.3. The zero-order valence-electron chi connectivity index (χ0n) is 11.9. The van der Waals surface area contributed by atoms with Crippen molar-refractivity contribution in [3.63, 3.8) is 0 Å². The molecule has 0 aromatic heterocycles. The van der Waals surface area contributed by atoms with E-state index in [2.05, 4.69) is 10.9 Å². The van der Waals surface area contributed by atoms with Gasteiger partial charge in [0.2, 0.25) is 5.91 Å². The van der Waals surface area contributed by atoms with E-state index in [4.69, 9.17) is 4.74 Å². The minimum atomic E-state index is -0.351. The van der Waals surface area contributed by atoms with Crippen molar-refractivity contribution in [2.24, 2.45) is 17.8 Å². The summed E-state index contributed by atoms with van der Waals surface area (Å²) in [4.78, 5) is 23.6. The summed E-state index contributed by atoms with van der Waals surface area (Å²) < 4.78 is 5.31. The zero-order chi connectivity index (χ0) is 14.7. The number of benzene rings is 1. The summed E-state index contributed by atoms with van der Waals surface area (Å²) in [6.45, 7) is -0.109. The smallest absolute Gasteiger partial charge is 0.276 e. The third kappa shape index (κ3) is 3.35. The van der Waals surface area contributed by atoms with E-state index in [1.807, 2.05) is 18.2 Å². The maximum atomic E-state index is 12.0. The van der Waals surface area contributed by atoms with E-state index in [9.17, 15) is 9.59 Å². The minimum absolute atomic E-state index is 0.0556. The van der Waals surface area contributed by atoms with Gasteiger partial charge in [-0.25, -0.2) is 0 Å². The van der Waals surface area contributed by atoms with E-state index in [-0.39, 0.29) is 24.3 Å². The van der Waals surface area contributed by atoms with E-state index in [1.54, 1.807) is 12.1 Å². The first kappa shape index (κ1) is 13.9. The van der Waals surface area contributed by atoms with Crippen LogP contribution in [-0.2, 0) is 9.59 Å². The lowest BCUT2D eigenvalue weighted by Crippen LogP contribution is -2.44. The summed E-state index contributed by atoms with van der Waals surface area (Å²) >= 11 is 0. The van der Waals surface area contributed by atoms with Crippen LogP contribution in [0.3, 0.4) is 0 Å². The van der Waals surface area contributed by atoms with Crippen molar-refractivity contribution in [1.29, 1.82) is 0 Å². The van der Waals surface area contributed by atoms with Crippen LogP contribution in [0.2, 0.25) is 0 Å². The van der Waals surface area contributed by atoms with Crippen LogP contribution in [0.15, 0.2) is 30.3 Å². The van der Waals surface area contributed by atoms with Gasteiger partial charge in [0.15, 0.2) is 6.61 Å². The number of hydrazine groups is 1. The van der Waals surface area contributed by atoms with Crippen LogP contribution < -0.4 is 15.6 Å². The number of hydrogen-bond acceptors (Lipinski definition) is 3.